The van der Waals surface area contributed by atoms with Gasteiger partial charge in [-0.3, -0.25) is 4.79 Å². The second kappa shape index (κ2) is 7.11. The van der Waals surface area contributed by atoms with Crippen LogP contribution in [0.4, 0.5) is 5.69 Å². The number of hydrogen-bond donors (Lipinski definition) is 2. The van der Waals surface area contributed by atoms with Crippen molar-refractivity contribution in [3.63, 3.8) is 0 Å². The monoisotopic (exact) mass is 279 g/mol. The van der Waals surface area contributed by atoms with Crippen molar-refractivity contribution >= 4 is 11.6 Å². The van der Waals surface area contributed by atoms with Crippen LogP contribution in [0, 0.1) is 11.3 Å². The average molecular weight is 279 g/mol. The van der Waals surface area contributed by atoms with Gasteiger partial charge in [0.1, 0.15) is 0 Å². The molecule has 0 aliphatic heterocycles. The van der Waals surface area contributed by atoms with Crippen LogP contribution in [0.3, 0.4) is 0 Å². The summed E-state index contributed by atoms with van der Waals surface area (Å²) in [5.74, 6) is -0.131. The molecule has 2 aromatic carbocycles. The van der Waals surface area contributed by atoms with Gasteiger partial charge in [-0.2, -0.15) is 5.26 Å². The molecule has 4 heteroatoms. The molecule has 21 heavy (non-hydrogen) atoms. The SMILES string of the molecule is CCNc1ccccc1C(=O)NCc1cccc(C#N)c1. The minimum absolute atomic E-state index is 0.131. The summed E-state index contributed by atoms with van der Waals surface area (Å²) in [6.07, 6.45) is 0. The van der Waals surface area contributed by atoms with Gasteiger partial charge in [-0.05, 0) is 36.8 Å². The number of amides is 1. The molecule has 0 saturated carbocycles. The lowest BCUT2D eigenvalue weighted by Gasteiger charge is -2.11. The van der Waals surface area contributed by atoms with E-state index in [2.05, 4.69) is 16.7 Å². The van der Waals surface area contributed by atoms with Crippen molar-refractivity contribution in [3.05, 3.63) is 65.2 Å². The molecule has 1 amide bonds. The zero-order valence-corrected chi connectivity index (χ0v) is 11.9. The number of nitrogens with zero attached hydrogens (tertiary/aromatic N) is 1. The Balaban J connectivity index is 2.06. The van der Waals surface area contributed by atoms with Gasteiger partial charge in [0.15, 0.2) is 0 Å². The van der Waals surface area contributed by atoms with E-state index in [1.54, 1.807) is 18.2 Å². The summed E-state index contributed by atoms with van der Waals surface area (Å²) in [7, 11) is 0. The maximum absolute atomic E-state index is 12.3. The topological polar surface area (TPSA) is 64.9 Å². The van der Waals surface area contributed by atoms with Gasteiger partial charge in [-0.15, -0.1) is 0 Å². The summed E-state index contributed by atoms with van der Waals surface area (Å²) in [6.45, 7) is 3.14. The molecular weight excluding hydrogens is 262 g/mol. The van der Waals surface area contributed by atoms with Crippen molar-refractivity contribution < 1.29 is 4.79 Å². The van der Waals surface area contributed by atoms with Crippen LogP contribution in [0.15, 0.2) is 48.5 Å². The van der Waals surface area contributed by atoms with Crippen LogP contribution in [0.25, 0.3) is 0 Å². The second-order valence-corrected chi connectivity index (χ2v) is 4.57. The molecule has 4 nitrogen and oxygen atoms in total. The molecule has 0 atom stereocenters. The number of hydrogen-bond acceptors (Lipinski definition) is 3. The molecule has 2 N–H and O–H groups in total. The maximum atomic E-state index is 12.3. The third-order valence-electron chi connectivity index (χ3n) is 3.05. The van der Waals surface area contributed by atoms with Crippen LogP contribution in [0.1, 0.15) is 28.4 Å². The standard InChI is InChI=1S/C17H17N3O/c1-2-19-16-9-4-3-8-15(16)17(21)20-12-14-7-5-6-13(10-14)11-18/h3-10,19H,2,12H2,1H3,(H,20,21). The van der Waals surface area contributed by atoms with E-state index >= 15 is 0 Å². The van der Waals surface area contributed by atoms with Gasteiger partial charge in [0.25, 0.3) is 5.91 Å². The normalized spacial score (nSPS) is 9.71. The number of carbonyl (C=O) groups is 1. The van der Waals surface area contributed by atoms with Gasteiger partial charge < -0.3 is 10.6 Å². The highest BCUT2D eigenvalue weighted by Gasteiger charge is 2.09. The van der Waals surface area contributed by atoms with E-state index in [-0.39, 0.29) is 5.91 Å². The number of nitrogens with one attached hydrogen (secondary N) is 2. The fraction of sp³-hybridized carbons (Fsp3) is 0.176. The maximum Gasteiger partial charge on any atom is 0.253 e. The predicted octanol–water partition coefficient (Wildman–Crippen LogP) is 2.92. The first-order chi connectivity index (χ1) is 10.2. The van der Waals surface area contributed by atoms with E-state index in [1.807, 2.05) is 37.3 Å². The molecule has 0 heterocycles. The fourth-order valence-corrected chi connectivity index (χ4v) is 2.05. The lowest BCUT2D eigenvalue weighted by atomic mass is 10.1. The Hall–Kier alpha value is -2.80. The van der Waals surface area contributed by atoms with Crippen molar-refractivity contribution in [2.45, 2.75) is 13.5 Å². The summed E-state index contributed by atoms with van der Waals surface area (Å²) in [4.78, 5) is 12.3. The molecule has 2 aromatic rings. The highest BCUT2D eigenvalue weighted by molar-refractivity contribution is 5.99. The zero-order valence-electron chi connectivity index (χ0n) is 11.9. The van der Waals surface area contributed by atoms with Gasteiger partial charge in [0, 0.05) is 18.8 Å². The van der Waals surface area contributed by atoms with E-state index in [0.29, 0.717) is 17.7 Å². The van der Waals surface area contributed by atoms with Crippen LogP contribution in [0.5, 0.6) is 0 Å². The molecule has 0 fully saturated rings. The van der Waals surface area contributed by atoms with Gasteiger partial charge in [-0.1, -0.05) is 24.3 Å². The molecule has 0 saturated heterocycles. The highest BCUT2D eigenvalue weighted by Crippen LogP contribution is 2.14. The Labute approximate surface area is 124 Å². The quantitative estimate of drug-likeness (QED) is 0.884. The summed E-state index contributed by atoms with van der Waals surface area (Å²) >= 11 is 0. The minimum atomic E-state index is -0.131. The molecule has 0 aliphatic rings. The first-order valence-corrected chi connectivity index (χ1v) is 6.84. The fourth-order valence-electron chi connectivity index (χ4n) is 2.05. The van der Waals surface area contributed by atoms with Crippen LogP contribution < -0.4 is 10.6 Å². The Morgan fingerprint density at radius 2 is 2.00 bits per heavy atom. The minimum Gasteiger partial charge on any atom is -0.385 e. The summed E-state index contributed by atoms with van der Waals surface area (Å²) in [5, 5.41) is 14.9. The van der Waals surface area contributed by atoms with E-state index < -0.39 is 0 Å². The molecule has 106 valence electrons. The molecular formula is C17H17N3O. The van der Waals surface area contributed by atoms with Gasteiger partial charge in [0.2, 0.25) is 0 Å². The molecule has 0 radical (unpaired) electrons. The van der Waals surface area contributed by atoms with Gasteiger partial charge in [-0.25, -0.2) is 0 Å². The first kappa shape index (κ1) is 14.6. The smallest absolute Gasteiger partial charge is 0.253 e. The van der Waals surface area contributed by atoms with E-state index in [0.717, 1.165) is 17.8 Å². The zero-order chi connectivity index (χ0) is 15.1. The average Bonchev–Trinajstić information content (AvgIpc) is 2.53. The first-order valence-electron chi connectivity index (χ1n) is 6.84. The largest absolute Gasteiger partial charge is 0.385 e. The molecule has 0 spiro atoms. The number of para-hydroxylation sites is 1. The summed E-state index contributed by atoms with van der Waals surface area (Å²) < 4.78 is 0. The predicted molar refractivity (Wildman–Crippen MR) is 82.9 cm³/mol. The second-order valence-electron chi connectivity index (χ2n) is 4.57. The molecule has 0 aromatic heterocycles. The number of carbonyl (C=O) groups excluding carboxylic acids is 1. The van der Waals surface area contributed by atoms with Crippen LogP contribution in [0.2, 0.25) is 0 Å². The Kier molecular flexibility index (Phi) is 4.94. The van der Waals surface area contributed by atoms with Gasteiger partial charge in [0.05, 0.1) is 17.2 Å². The highest BCUT2D eigenvalue weighted by atomic mass is 16.1. The van der Waals surface area contributed by atoms with Crippen LogP contribution >= 0.6 is 0 Å². The lowest BCUT2D eigenvalue weighted by molar-refractivity contribution is 0.0951. The van der Waals surface area contributed by atoms with Crippen molar-refractivity contribution in [3.8, 4) is 6.07 Å². The van der Waals surface area contributed by atoms with E-state index in [1.165, 1.54) is 0 Å². The number of anilines is 1. The molecule has 0 bridgehead atoms. The third kappa shape index (κ3) is 3.83. The van der Waals surface area contributed by atoms with E-state index in [9.17, 15) is 4.79 Å². The Morgan fingerprint density at radius 1 is 1.19 bits per heavy atom. The number of nitriles is 1. The van der Waals surface area contributed by atoms with E-state index in [4.69, 9.17) is 5.26 Å². The Morgan fingerprint density at radius 3 is 2.76 bits per heavy atom. The molecule has 2 rings (SSSR count). The van der Waals surface area contributed by atoms with Crippen molar-refractivity contribution in [2.24, 2.45) is 0 Å². The van der Waals surface area contributed by atoms with Crippen molar-refractivity contribution in [2.75, 3.05) is 11.9 Å². The van der Waals surface area contributed by atoms with Gasteiger partial charge >= 0.3 is 0 Å². The van der Waals surface area contributed by atoms with Crippen molar-refractivity contribution in [1.29, 1.82) is 5.26 Å². The van der Waals surface area contributed by atoms with Crippen molar-refractivity contribution in [1.82, 2.24) is 5.32 Å². The Bertz CT molecular complexity index is 674. The van der Waals surface area contributed by atoms with Crippen LogP contribution in [-0.4, -0.2) is 12.5 Å². The van der Waals surface area contributed by atoms with Crippen LogP contribution in [-0.2, 0) is 6.54 Å². The summed E-state index contributed by atoms with van der Waals surface area (Å²) in [6, 6.07) is 16.7. The summed E-state index contributed by atoms with van der Waals surface area (Å²) in [5.41, 5.74) is 2.94. The number of rotatable bonds is 5. The molecule has 0 aliphatic carbocycles. The lowest BCUT2D eigenvalue weighted by Crippen LogP contribution is -2.24. The molecule has 0 unspecified atom stereocenters. The number of benzene rings is 2. The third-order valence-corrected chi connectivity index (χ3v) is 3.05.